The molecule has 0 saturated heterocycles. The van der Waals surface area contributed by atoms with Crippen molar-refractivity contribution in [2.24, 2.45) is 5.10 Å². The molecule has 0 aromatic heterocycles. The van der Waals surface area contributed by atoms with Gasteiger partial charge in [0.15, 0.2) is 6.61 Å². The van der Waals surface area contributed by atoms with E-state index in [2.05, 4.69) is 21.2 Å². The zero-order valence-electron chi connectivity index (χ0n) is 18.3. The predicted molar refractivity (Wildman–Crippen MR) is 127 cm³/mol. The Kier molecular flexibility index (Phi) is 7.91. The van der Waals surface area contributed by atoms with Crippen LogP contribution in [0.1, 0.15) is 16.7 Å². The number of carbonyl (C=O) groups is 3. The molecule has 8 nitrogen and oxygen atoms in total. The summed E-state index contributed by atoms with van der Waals surface area (Å²) >= 11 is 0. The molecule has 3 aromatic carbocycles. The van der Waals surface area contributed by atoms with Crippen molar-refractivity contribution in [1.29, 1.82) is 0 Å². The number of nitrogens with zero attached hydrogens (tertiary/aromatic N) is 1. The second-order valence-corrected chi connectivity index (χ2v) is 7.30. The fourth-order valence-electron chi connectivity index (χ4n) is 2.88. The lowest BCUT2D eigenvalue weighted by Crippen LogP contribution is -2.32. The van der Waals surface area contributed by atoms with Crippen LogP contribution >= 0.6 is 0 Å². The van der Waals surface area contributed by atoms with Gasteiger partial charge in [-0.05, 0) is 66.9 Å². The minimum absolute atomic E-state index is 0.162. The SMILES string of the molecule is Cc1cccc(NC(=O)COc2cccc(/C=N\NC(=O)C(=O)Nc3cccc(C)c3)c2)c1. The minimum Gasteiger partial charge on any atom is -0.484 e. The van der Waals surface area contributed by atoms with Crippen LogP contribution in [-0.2, 0) is 14.4 Å². The molecule has 3 N–H and O–H groups in total. The summed E-state index contributed by atoms with van der Waals surface area (Å²) in [5.41, 5.74) is 6.02. The van der Waals surface area contributed by atoms with Crippen molar-refractivity contribution < 1.29 is 19.1 Å². The Morgan fingerprint density at radius 2 is 1.45 bits per heavy atom. The van der Waals surface area contributed by atoms with Gasteiger partial charge in [-0.1, -0.05) is 36.4 Å². The standard InChI is InChI=1S/C25H24N4O4/c1-17-6-3-9-20(12-17)27-23(30)16-33-22-11-5-8-19(14-22)15-26-29-25(32)24(31)28-21-10-4-7-18(2)13-21/h3-15H,16H2,1-2H3,(H,27,30)(H,28,31)(H,29,32)/b26-15-. The van der Waals surface area contributed by atoms with E-state index in [0.29, 0.717) is 22.7 Å². The number of hydrogen-bond acceptors (Lipinski definition) is 5. The lowest BCUT2D eigenvalue weighted by atomic mass is 10.2. The quantitative estimate of drug-likeness (QED) is 0.295. The lowest BCUT2D eigenvalue weighted by molar-refractivity contribution is -0.136. The van der Waals surface area contributed by atoms with Crippen LogP contribution in [0, 0.1) is 13.8 Å². The summed E-state index contributed by atoms with van der Waals surface area (Å²) in [6.45, 7) is 3.66. The van der Waals surface area contributed by atoms with Crippen molar-refractivity contribution in [3.8, 4) is 5.75 Å². The molecule has 0 saturated carbocycles. The van der Waals surface area contributed by atoms with Crippen molar-refractivity contribution in [2.75, 3.05) is 17.2 Å². The van der Waals surface area contributed by atoms with Crippen LogP contribution in [-0.4, -0.2) is 30.5 Å². The number of nitrogens with one attached hydrogen (secondary N) is 3. The van der Waals surface area contributed by atoms with Crippen LogP contribution in [0.15, 0.2) is 77.9 Å². The summed E-state index contributed by atoms with van der Waals surface area (Å²) in [4.78, 5) is 36.0. The zero-order valence-corrected chi connectivity index (χ0v) is 18.3. The monoisotopic (exact) mass is 444 g/mol. The van der Waals surface area contributed by atoms with Crippen molar-refractivity contribution in [2.45, 2.75) is 13.8 Å². The molecule has 0 atom stereocenters. The fourth-order valence-corrected chi connectivity index (χ4v) is 2.88. The number of anilines is 2. The highest BCUT2D eigenvalue weighted by molar-refractivity contribution is 6.39. The van der Waals surface area contributed by atoms with E-state index >= 15 is 0 Å². The molecule has 0 fully saturated rings. The molecule has 0 heterocycles. The highest BCUT2D eigenvalue weighted by atomic mass is 16.5. The Labute approximate surface area is 191 Å². The van der Waals surface area contributed by atoms with Crippen LogP contribution < -0.4 is 20.8 Å². The van der Waals surface area contributed by atoms with E-state index in [4.69, 9.17) is 4.74 Å². The second kappa shape index (κ2) is 11.2. The first-order chi connectivity index (χ1) is 15.9. The summed E-state index contributed by atoms with van der Waals surface area (Å²) in [5.74, 6) is -1.55. The topological polar surface area (TPSA) is 109 Å². The highest BCUT2D eigenvalue weighted by Crippen LogP contribution is 2.13. The minimum atomic E-state index is -0.895. The van der Waals surface area contributed by atoms with Crippen LogP contribution in [0.5, 0.6) is 5.75 Å². The van der Waals surface area contributed by atoms with Gasteiger partial charge in [-0.2, -0.15) is 5.10 Å². The number of carbonyl (C=O) groups excluding carboxylic acids is 3. The van der Waals surface area contributed by atoms with E-state index in [-0.39, 0.29) is 12.5 Å². The van der Waals surface area contributed by atoms with Crippen LogP contribution in [0.4, 0.5) is 11.4 Å². The Morgan fingerprint density at radius 1 is 0.818 bits per heavy atom. The van der Waals surface area contributed by atoms with Gasteiger partial charge in [0.05, 0.1) is 6.21 Å². The molecule has 0 aliphatic heterocycles. The third-order valence-electron chi connectivity index (χ3n) is 4.39. The number of aryl methyl sites for hydroxylation is 2. The maximum atomic E-state index is 12.1. The molecule has 0 radical (unpaired) electrons. The van der Waals surface area contributed by atoms with Crippen molar-refractivity contribution in [3.05, 3.63) is 89.5 Å². The van der Waals surface area contributed by atoms with Gasteiger partial charge in [-0.15, -0.1) is 0 Å². The van der Waals surface area contributed by atoms with E-state index in [1.807, 2.05) is 38.1 Å². The molecular weight excluding hydrogens is 420 g/mol. The van der Waals surface area contributed by atoms with Gasteiger partial charge >= 0.3 is 11.8 Å². The molecule has 0 bridgehead atoms. The normalized spacial score (nSPS) is 10.5. The van der Waals surface area contributed by atoms with Crippen molar-refractivity contribution in [3.63, 3.8) is 0 Å². The van der Waals surface area contributed by atoms with E-state index < -0.39 is 11.8 Å². The van der Waals surface area contributed by atoms with Gasteiger partial charge in [-0.25, -0.2) is 5.43 Å². The molecule has 0 aliphatic rings. The average Bonchev–Trinajstić information content (AvgIpc) is 2.78. The third-order valence-corrected chi connectivity index (χ3v) is 4.39. The predicted octanol–water partition coefficient (Wildman–Crippen LogP) is 3.41. The highest BCUT2D eigenvalue weighted by Gasteiger charge is 2.12. The summed E-state index contributed by atoms with van der Waals surface area (Å²) in [7, 11) is 0. The van der Waals surface area contributed by atoms with Gasteiger partial charge < -0.3 is 15.4 Å². The molecule has 8 heteroatoms. The summed E-state index contributed by atoms with van der Waals surface area (Å²) in [5, 5.41) is 9.08. The van der Waals surface area contributed by atoms with Gasteiger partial charge in [0.1, 0.15) is 5.75 Å². The molecule has 3 amide bonds. The lowest BCUT2D eigenvalue weighted by Gasteiger charge is -2.08. The summed E-state index contributed by atoms with van der Waals surface area (Å²) in [6, 6.07) is 21.4. The maximum Gasteiger partial charge on any atom is 0.329 e. The smallest absolute Gasteiger partial charge is 0.329 e. The molecule has 0 spiro atoms. The maximum absolute atomic E-state index is 12.1. The number of hydrogen-bond donors (Lipinski definition) is 3. The number of hydrazone groups is 1. The molecule has 3 aromatic rings. The average molecular weight is 444 g/mol. The number of ether oxygens (including phenoxy) is 1. The van der Waals surface area contributed by atoms with E-state index in [9.17, 15) is 14.4 Å². The first-order valence-corrected chi connectivity index (χ1v) is 10.2. The van der Waals surface area contributed by atoms with Crippen LogP contribution in [0.25, 0.3) is 0 Å². The summed E-state index contributed by atoms with van der Waals surface area (Å²) < 4.78 is 5.53. The Hall–Kier alpha value is -4.46. The van der Waals surface area contributed by atoms with Gasteiger partial charge in [0.25, 0.3) is 5.91 Å². The zero-order chi connectivity index (χ0) is 23.6. The second-order valence-electron chi connectivity index (χ2n) is 7.30. The van der Waals surface area contributed by atoms with Crippen molar-refractivity contribution >= 4 is 35.3 Å². The van der Waals surface area contributed by atoms with E-state index in [1.165, 1.54) is 6.21 Å². The Balaban J connectivity index is 1.48. The van der Waals surface area contributed by atoms with E-state index in [0.717, 1.165) is 11.1 Å². The first-order valence-electron chi connectivity index (χ1n) is 10.2. The summed E-state index contributed by atoms with van der Waals surface area (Å²) in [6.07, 6.45) is 1.37. The molecule has 168 valence electrons. The molecular formula is C25H24N4O4. The largest absolute Gasteiger partial charge is 0.484 e. The first kappa shape index (κ1) is 23.2. The number of benzene rings is 3. The Morgan fingerprint density at radius 3 is 2.12 bits per heavy atom. The van der Waals surface area contributed by atoms with Crippen LogP contribution in [0.2, 0.25) is 0 Å². The van der Waals surface area contributed by atoms with Crippen molar-refractivity contribution in [1.82, 2.24) is 5.43 Å². The molecule has 33 heavy (non-hydrogen) atoms. The third kappa shape index (κ3) is 7.62. The van der Waals surface area contributed by atoms with Crippen LogP contribution in [0.3, 0.4) is 0 Å². The molecule has 3 rings (SSSR count). The molecule has 0 unspecified atom stereocenters. The van der Waals surface area contributed by atoms with Gasteiger partial charge in [-0.3, -0.25) is 14.4 Å². The fraction of sp³-hybridized carbons (Fsp3) is 0.120. The number of amides is 3. The van der Waals surface area contributed by atoms with Gasteiger partial charge in [0.2, 0.25) is 0 Å². The number of rotatable bonds is 7. The van der Waals surface area contributed by atoms with Gasteiger partial charge in [0, 0.05) is 11.4 Å². The molecule has 0 aliphatic carbocycles. The Bertz CT molecular complexity index is 1190. The van der Waals surface area contributed by atoms with E-state index in [1.54, 1.807) is 48.5 Å².